The number of rotatable bonds is 6. The van der Waals surface area contributed by atoms with Crippen molar-refractivity contribution in [1.29, 1.82) is 0 Å². The van der Waals surface area contributed by atoms with E-state index in [0.717, 1.165) is 23.0 Å². The van der Waals surface area contributed by atoms with Gasteiger partial charge in [-0.25, -0.2) is 0 Å². The highest BCUT2D eigenvalue weighted by Crippen LogP contribution is 2.16. The van der Waals surface area contributed by atoms with Gasteiger partial charge in [-0.1, -0.05) is 13.8 Å². The van der Waals surface area contributed by atoms with Crippen LogP contribution in [0.15, 0.2) is 12.1 Å². The fraction of sp³-hybridized carbons (Fsp3) is 0.583. The van der Waals surface area contributed by atoms with Crippen molar-refractivity contribution in [3.63, 3.8) is 0 Å². The van der Waals surface area contributed by atoms with Crippen LogP contribution >= 0.6 is 23.5 Å². The fourth-order valence-electron chi connectivity index (χ4n) is 1.38. The molecule has 0 fully saturated rings. The molecule has 84 valence electrons. The Hall–Kier alpha value is -0.150. The quantitative estimate of drug-likeness (QED) is 0.750. The van der Waals surface area contributed by atoms with Gasteiger partial charge >= 0.3 is 0 Å². The average Bonchev–Trinajstić information content (AvgIpc) is 2.23. The van der Waals surface area contributed by atoms with Gasteiger partial charge in [0.2, 0.25) is 0 Å². The third-order valence-corrected chi connectivity index (χ3v) is 3.80. The van der Waals surface area contributed by atoms with Gasteiger partial charge in [0.15, 0.2) is 0 Å². The molecule has 1 aromatic heterocycles. The SMILES string of the molecule is CCSCc1cc(C)cc(CSCC)n1. The van der Waals surface area contributed by atoms with Crippen LogP contribution in [-0.4, -0.2) is 16.5 Å². The number of pyridine rings is 1. The number of aromatic nitrogens is 1. The van der Waals surface area contributed by atoms with Gasteiger partial charge in [-0.15, -0.1) is 0 Å². The molecule has 0 aliphatic rings. The van der Waals surface area contributed by atoms with E-state index in [4.69, 9.17) is 0 Å². The number of aryl methyl sites for hydroxylation is 1. The maximum Gasteiger partial charge on any atom is 0.0508 e. The molecule has 0 bridgehead atoms. The molecule has 15 heavy (non-hydrogen) atoms. The van der Waals surface area contributed by atoms with Crippen molar-refractivity contribution in [2.75, 3.05) is 11.5 Å². The van der Waals surface area contributed by atoms with Crippen LogP contribution in [0.3, 0.4) is 0 Å². The Balaban J connectivity index is 2.66. The Bertz CT molecular complexity index is 273. The zero-order valence-electron chi connectivity index (χ0n) is 9.75. The van der Waals surface area contributed by atoms with Crippen LogP contribution in [0.5, 0.6) is 0 Å². The van der Waals surface area contributed by atoms with Crippen molar-refractivity contribution < 1.29 is 0 Å². The molecule has 0 saturated heterocycles. The summed E-state index contributed by atoms with van der Waals surface area (Å²) < 4.78 is 0. The number of thioether (sulfide) groups is 2. The number of hydrogen-bond acceptors (Lipinski definition) is 3. The minimum Gasteiger partial charge on any atom is -0.256 e. The summed E-state index contributed by atoms with van der Waals surface area (Å²) in [7, 11) is 0. The van der Waals surface area contributed by atoms with Crippen LogP contribution in [0.2, 0.25) is 0 Å². The van der Waals surface area contributed by atoms with E-state index in [-0.39, 0.29) is 0 Å². The molecular formula is C12H19NS2. The summed E-state index contributed by atoms with van der Waals surface area (Å²) in [6, 6.07) is 4.39. The smallest absolute Gasteiger partial charge is 0.0508 e. The predicted octanol–water partition coefficient (Wildman–Crippen LogP) is 3.90. The first kappa shape index (κ1) is 12.9. The highest BCUT2D eigenvalue weighted by atomic mass is 32.2. The van der Waals surface area contributed by atoms with Gasteiger partial charge in [-0.05, 0) is 36.1 Å². The van der Waals surface area contributed by atoms with Gasteiger partial charge in [-0.2, -0.15) is 23.5 Å². The first-order valence-electron chi connectivity index (χ1n) is 5.38. The molecule has 1 heterocycles. The molecule has 0 unspecified atom stereocenters. The van der Waals surface area contributed by atoms with Crippen LogP contribution < -0.4 is 0 Å². The van der Waals surface area contributed by atoms with Crippen molar-refractivity contribution in [2.45, 2.75) is 32.3 Å². The highest BCUT2D eigenvalue weighted by molar-refractivity contribution is 7.98. The minimum atomic E-state index is 1.04. The molecule has 0 radical (unpaired) electrons. The van der Waals surface area contributed by atoms with E-state index in [1.165, 1.54) is 17.0 Å². The fourth-order valence-corrected chi connectivity index (χ4v) is 2.50. The molecule has 0 aliphatic heterocycles. The van der Waals surface area contributed by atoms with E-state index >= 15 is 0 Å². The predicted molar refractivity (Wildman–Crippen MR) is 72.6 cm³/mol. The Labute approximate surface area is 101 Å². The van der Waals surface area contributed by atoms with E-state index in [1.807, 2.05) is 23.5 Å². The van der Waals surface area contributed by atoms with Crippen molar-refractivity contribution in [2.24, 2.45) is 0 Å². The first-order valence-corrected chi connectivity index (χ1v) is 7.69. The summed E-state index contributed by atoms with van der Waals surface area (Å²) in [4.78, 5) is 4.67. The second-order valence-corrected chi connectivity index (χ2v) is 5.95. The lowest BCUT2D eigenvalue weighted by Crippen LogP contribution is -1.95. The Kier molecular flexibility index (Phi) is 6.18. The molecule has 0 atom stereocenters. The lowest BCUT2D eigenvalue weighted by atomic mass is 10.2. The van der Waals surface area contributed by atoms with Gasteiger partial charge in [0.25, 0.3) is 0 Å². The number of hydrogen-bond donors (Lipinski definition) is 0. The second kappa shape index (κ2) is 7.18. The van der Waals surface area contributed by atoms with Crippen LogP contribution in [0.1, 0.15) is 30.8 Å². The lowest BCUT2D eigenvalue weighted by Gasteiger charge is -2.05. The molecule has 0 aliphatic carbocycles. The molecule has 1 aromatic rings. The largest absolute Gasteiger partial charge is 0.256 e. The van der Waals surface area contributed by atoms with Gasteiger partial charge < -0.3 is 0 Å². The standard InChI is InChI=1S/C12H19NS2/c1-4-14-8-11-6-10(3)7-12(13-11)9-15-5-2/h6-7H,4-5,8-9H2,1-3H3. The van der Waals surface area contributed by atoms with E-state index < -0.39 is 0 Å². The maximum absolute atomic E-state index is 4.67. The average molecular weight is 241 g/mol. The first-order chi connectivity index (χ1) is 7.26. The molecule has 1 rings (SSSR count). The zero-order chi connectivity index (χ0) is 11.1. The second-order valence-electron chi connectivity index (χ2n) is 3.40. The third kappa shape index (κ3) is 4.94. The van der Waals surface area contributed by atoms with Crippen LogP contribution in [0.25, 0.3) is 0 Å². The van der Waals surface area contributed by atoms with E-state index in [2.05, 4.69) is 37.9 Å². The molecule has 0 amide bonds. The van der Waals surface area contributed by atoms with Gasteiger partial charge in [0.1, 0.15) is 0 Å². The Morgan fingerprint density at radius 1 is 1.00 bits per heavy atom. The van der Waals surface area contributed by atoms with Gasteiger partial charge in [0, 0.05) is 11.5 Å². The lowest BCUT2D eigenvalue weighted by molar-refractivity contribution is 1.07. The van der Waals surface area contributed by atoms with Crippen LogP contribution in [0, 0.1) is 6.92 Å². The van der Waals surface area contributed by atoms with E-state index in [0.29, 0.717) is 0 Å². The number of nitrogens with zero attached hydrogens (tertiary/aromatic N) is 1. The summed E-state index contributed by atoms with van der Waals surface area (Å²) in [5, 5.41) is 0. The normalized spacial score (nSPS) is 10.6. The van der Waals surface area contributed by atoms with Crippen molar-refractivity contribution >= 4 is 23.5 Å². The molecule has 3 heteroatoms. The molecule has 0 aromatic carbocycles. The van der Waals surface area contributed by atoms with Gasteiger partial charge in [-0.3, -0.25) is 4.98 Å². The Morgan fingerprint density at radius 2 is 1.47 bits per heavy atom. The van der Waals surface area contributed by atoms with Crippen molar-refractivity contribution in [3.8, 4) is 0 Å². The van der Waals surface area contributed by atoms with Crippen LogP contribution in [0.4, 0.5) is 0 Å². The topological polar surface area (TPSA) is 12.9 Å². The van der Waals surface area contributed by atoms with E-state index in [9.17, 15) is 0 Å². The molecule has 0 saturated carbocycles. The van der Waals surface area contributed by atoms with Crippen LogP contribution in [-0.2, 0) is 11.5 Å². The van der Waals surface area contributed by atoms with E-state index in [1.54, 1.807) is 0 Å². The zero-order valence-corrected chi connectivity index (χ0v) is 11.4. The maximum atomic E-state index is 4.67. The summed E-state index contributed by atoms with van der Waals surface area (Å²) >= 11 is 3.87. The van der Waals surface area contributed by atoms with Crippen molar-refractivity contribution in [3.05, 3.63) is 29.1 Å². The minimum absolute atomic E-state index is 1.04. The Morgan fingerprint density at radius 3 is 1.87 bits per heavy atom. The highest BCUT2D eigenvalue weighted by Gasteiger charge is 2.00. The summed E-state index contributed by atoms with van der Waals surface area (Å²) in [5.41, 5.74) is 3.80. The molecule has 0 spiro atoms. The third-order valence-electron chi connectivity index (χ3n) is 1.98. The molecule has 0 N–H and O–H groups in total. The summed E-state index contributed by atoms with van der Waals surface area (Å²) in [6.07, 6.45) is 0. The monoisotopic (exact) mass is 241 g/mol. The summed E-state index contributed by atoms with van der Waals surface area (Å²) in [6.45, 7) is 6.53. The van der Waals surface area contributed by atoms with Crippen molar-refractivity contribution in [1.82, 2.24) is 4.98 Å². The molecule has 1 nitrogen and oxygen atoms in total. The molecular weight excluding hydrogens is 222 g/mol. The summed E-state index contributed by atoms with van der Waals surface area (Å²) in [5.74, 6) is 4.41. The van der Waals surface area contributed by atoms with Gasteiger partial charge in [0.05, 0.1) is 11.4 Å².